The molecule has 2 aliphatic heterocycles. The average Bonchev–Trinajstić information content (AvgIpc) is 2.98. The minimum Gasteiger partial charge on any atom is -0.466 e. The third-order valence-corrected chi connectivity index (χ3v) is 6.22. The first-order valence-electron chi connectivity index (χ1n) is 15.2. The van der Waals surface area contributed by atoms with Gasteiger partial charge in [0.25, 0.3) is 5.69 Å². The van der Waals surface area contributed by atoms with Crippen LogP contribution in [0.2, 0.25) is 0 Å². The van der Waals surface area contributed by atoms with Gasteiger partial charge in [-0.05, 0) is 44.4 Å². The van der Waals surface area contributed by atoms with E-state index in [1.165, 1.54) is 30.2 Å². The summed E-state index contributed by atoms with van der Waals surface area (Å²) in [5.74, 6) is -2.66. The molecule has 0 saturated carbocycles. The Hall–Kier alpha value is -3.98. The van der Waals surface area contributed by atoms with Gasteiger partial charge in [-0.25, -0.2) is 9.59 Å². The summed E-state index contributed by atoms with van der Waals surface area (Å²) >= 11 is 0. The summed E-state index contributed by atoms with van der Waals surface area (Å²) in [5.41, 5.74) is 0.340. The molecule has 0 spiro atoms. The molecule has 2 heterocycles. The number of rotatable bonds is 7. The molecule has 2 aliphatic rings. The van der Waals surface area contributed by atoms with Gasteiger partial charge in [-0.15, -0.1) is 0 Å². The van der Waals surface area contributed by atoms with Crippen LogP contribution in [0, 0.1) is 10.1 Å². The predicted octanol–water partition coefficient (Wildman–Crippen LogP) is 4.21. The molecular weight excluding hydrogens is 474 g/mol. The van der Waals surface area contributed by atoms with Crippen LogP contribution in [-0.4, -0.2) is 48.1 Å². The number of methoxy groups -OCH3 is 1. The molecule has 9 nitrogen and oxygen atoms in total. The minimum atomic E-state index is -2.50. The summed E-state index contributed by atoms with van der Waals surface area (Å²) in [5, 5.41) is 14.5. The quantitative estimate of drug-likeness (QED) is 0.334. The van der Waals surface area contributed by atoms with Crippen molar-refractivity contribution in [3.8, 4) is 0 Å². The van der Waals surface area contributed by atoms with Crippen LogP contribution in [0.5, 0.6) is 0 Å². The van der Waals surface area contributed by atoms with Gasteiger partial charge in [0.1, 0.15) is 6.10 Å². The molecule has 1 saturated heterocycles. The highest BCUT2D eigenvalue weighted by atomic mass is 16.6. The Morgan fingerprint density at radius 2 is 1.89 bits per heavy atom. The highest BCUT2D eigenvalue weighted by Crippen LogP contribution is 2.40. The van der Waals surface area contributed by atoms with Gasteiger partial charge in [0.05, 0.1) is 36.0 Å². The Labute approximate surface area is 225 Å². The number of nitrogens with zero attached hydrogens (tertiary/aromatic N) is 2. The molecule has 1 N–H and O–H groups in total. The number of nitrogens with one attached hydrogen (secondary N) is 1. The molecule has 4 rings (SSSR count). The van der Waals surface area contributed by atoms with Gasteiger partial charge in [-0.3, -0.25) is 15.0 Å². The number of hydrogen-bond acceptors (Lipinski definition) is 8. The van der Waals surface area contributed by atoms with Crippen molar-refractivity contribution in [3.63, 3.8) is 0 Å². The molecule has 0 bridgehead atoms. The van der Waals surface area contributed by atoms with E-state index < -0.39 is 71.2 Å². The van der Waals surface area contributed by atoms with Gasteiger partial charge in [-0.1, -0.05) is 42.3 Å². The number of nitro groups is 1. The Balaban J connectivity index is 1.67. The number of ether oxygens (including phenoxy) is 2. The topological polar surface area (TPSA) is 111 Å². The van der Waals surface area contributed by atoms with Crippen LogP contribution in [0.3, 0.4) is 0 Å². The molecule has 2 aromatic carbocycles. The van der Waals surface area contributed by atoms with Gasteiger partial charge in [0, 0.05) is 39.3 Å². The molecule has 0 amide bonds. The summed E-state index contributed by atoms with van der Waals surface area (Å²) in [4.78, 5) is 38.9. The summed E-state index contributed by atoms with van der Waals surface area (Å²) in [6, 6.07) is 2.27. The zero-order chi connectivity index (χ0) is 32.7. The van der Waals surface area contributed by atoms with Crippen molar-refractivity contribution in [3.05, 3.63) is 98.3 Å². The van der Waals surface area contributed by atoms with Gasteiger partial charge >= 0.3 is 11.9 Å². The van der Waals surface area contributed by atoms with E-state index in [-0.39, 0.29) is 35.5 Å². The van der Waals surface area contributed by atoms with Crippen molar-refractivity contribution in [2.24, 2.45) is 0 Å². The summed E-state index contributed by atoms with van der Waals surface area (Å²) in [6.45, 7) is 0.729. The Morgan fingerprint density at radius 3 is 2.57 bits per heavy atom. The van der Waals surface area contributed by atoms with E-state index in [4.69, 9.17) is 19.1 Å². The van der Waals surface area contributed by atoms with E-state index in [1.807, 2.05) is 0 Å². The molecule has 37 heavy (non-hydrogen) atoms. The minimum absolute atomic E-state index is 0.0160. The number of hydrogen-bond donors (Lipinski definition) is 1. The van der Waals surface area contributed by atoms with E-state index in [2.05, 4.69) is 5.32 Å². The van der Waals surface area contributed by atoms with E-state index in [0.29, 0.717) is 24.2 Å². The molecular formula is C28H31N3O6. The molecule has 194 valence electrons. The van der Waals surface area contributed by atoms with Crippen LogP contribution < -0.4 is 5.32 Å². The number of nitro benzene ring substituents is 1. The summed E-state index contributed by atoms with van der Waals surface area (Å²) in [6.07, 6.45) is -0.151. The number of dihydropyridines is 1. The van der Waals surface area contributed by atoms with E-state index in [9.17, 15) is 19.7 Å². The first-order valence-corrected chi connectivity index (χ1v) is 11.7. The molecule has 2 atom stereocenters. The van der Waals surface area contributed by atoms with Gasteiger partial charge in [-0.2, -0.15) is 0 Å². The van der Waals surface area contributed by atoms with Crippen molar-refractivity contribution >= 4 is 17.6 Å². The lowest BCUT2D eigenvalue weighted by atomic mass is 9.80. The predicted molar refractivity (Wildman–Crippen MR) is 137 cm³/mol. The number of non-ortho nitro benzene ring substituents is 1. The number of likely N-dealkylation sites (tertiary alicyclic amines) is 1. The second kappa shape index (κ2) is 11.4. The zero-order valence-corrected chi connectivity index (χ0v) is 20.6. The fraction of sp³-hybridized carbons (Fsp3) is 0.357. The first kappa shape index (κ1) is 18.3. The molecule has 0 radical (unpaired) electrons. The van der Waals surface area contributed by atoms with Gasteiger partial charge < -0.3 is 14.8 Å². The second-order valence-electron chi connectivity index (χ2n) is 8.71. The number of carbonyl (C=O) groups is 2. The molecule has 0 aliphatic carbocycles. The lowest BCUT2D eigenvalue weighted by molar-refractivity contribution is -0.384. The molecule has 1 fully saturated rings. The van der Waals surface area contributed by atoms with Crippen molar-refractivity contribution in [1.82, 2.24) is 10.2 Å². The summed E-state index contributed by atoms with van der Waals surface area (Å²) < 4.78 is 68.6. The van der Waals surface area contributed by atoms with E-state index in [1.54, 1.807) is 19.9 Å². The van der Waals surface area contributed by atoms with Gasteiger partial charge in [0.15, 0.2) is 0 Å². The van der Waals surface area contributed by atoms with Crippen LogP contribution in [-0.2, 0) is 25.6 Å². The van der Waals surface area contributed by atoms with E-state index >= 15 is 0 Å². The van der Waals surface area contributed by atoms with Gasteiger partial charge in [0.2, 0.25) is 0 Å². The lowest BCUT2D eigenvalue weighted by Crippen LogP contribution is -2.41. The Morgan fingerprint density at radius 1 is 1.19 bits per heavy atom. The van der Waals surface area contributed by atoms with Crippen LogP contribution >= 0.6 is 0 Å². The second-order valence-corrected chi connectivity index (χ2v) is 8.71. The highest BCUT2D eigenvalue weighted by molar-refractivity contribution is 6.00. The Kier molecular flexibility index (Phi) is 5.63. The monoisotopic (exact) mass is 512 g/mol. The standard InChI is InChI=1S/C28H31N3O6/c1-18-24(27(32)36-3)26(21-11-7-12-22(15-21)31(34)35)25(19(2)29-18)28(33)37-23-13-8-14-30(17-23)16-20-9-5-4-6-10-20/h4-7,9-12,15,23,26,29H,8,13-14,16-17H2,1-3H3/t23-,26?/m1/s1/i4D,5D,6D,9D,10D,16D2. The van der Waals surface area contributed by atoms with Crippen molar-refractivity contribution < 1.29 is 33.6 Å². The van der Waals surface area contributed by atoms with Crippen LogP contribution in [0.4, 0.5) is 5.69 Å². The number of piperidine rings is 1. The highest BCUT2D eigenvalue weighted by Gasteiger charge is 2.39. The number of allylic oxidation sites excluding steroid dienone is 2. The molecule has 9 heteroatoms. The molecule has 2 aromatic rings. The van der Waals surface area contributed by atoms with Crippen LogP contribution in [0.15, 0.2) is 77.0 Å². The van der Waals surface area contributed by atoms with Crippen LogP contribution in [0.25, 0.3) is 0 Å². The maximum absolute atomic E-state index is 13.8. The number of esters is 2. The van der Waals surface area contributed by atoms with Crippen LogP contribution in [0.1, 0.15) is 53.3 Å². The molecule has 0 aromatic heterocycles. The zero-order valence-electron chi connectivity index (χ0n) is 27.6. The third-order valence-electron chi connectivity index (χ3n) is 6.22. The first-order chi connectivity index (χ1) is 20.6. The maximum atomic E-state index is 13.8. The van der Waals surface area contributed by atoms with Crippen molar-refractivity contribution in [2.75, 3.05) is 20.2 Å². The van der Waals surface area contributed by atoms with Crippen molar-refractivity contribution in [1.29, 1.82) is 0 Å². The fourth-order valence-corrected chi connectivity index (χ4v) is 4.61. The summed E-state index contributed by atoms with van der Waals surface area (Å²) in [7, 11) is 1.18. The average molecular weight is 513 g/mol. The number of benzene rings is 2. The Bertz CT molecular complexity index is 1580. The largest absolute Gasteiger partial charge is 0.466 e. The molecule has 1 unspecified atom stereocenters. The SMILES string of the molecule is [2H]c1c([2H])c([2H])c(C([2H])([2H])N2CCC[C@@H](OC(=O)C3=C(C)NC(C)=C(C(=O)OC)C3c3cccc([N+](=O)[O-])c3)C2)c([2H])c1[2H]. The van der Waals surface area contributed by atoms with Crippen molar-refractivity contribution in [2.45, 2.75) is 45.2 Å². The smallest absolute Gasteiger partial charge is 0.337 e. The number of carbonyl (C=O) groups excluding carboxylic acids is 2. The lowest BCUT2D eigenvalue weighted by Gasteiger charge is -2.34. The van der Waals surface area contributed by atoms with E-state index in [0.717, 1.165) is 0 Å². The third kappa shape index (κ3) is 5.89. The fourth-order valence-electron chi connectivity index (χ4n) is 4.61. The normalized spacial score (nSPS) is 23.4. The maximum Gasteiger partial charge on any atom is 0.337 e.